The predicted molar refractivity (Wildman–Crippen MR) is 53.9 cm³/mol. The Labute approximate surface area is 78.9 Å². The smallest absolute Gasteiger partial charge is 0.126 e. The molecule has 0 unspecified atom stereocenters. The second-order valence-electron chi connectivity index (χ2n) is 3.25. The van der Waals surface area contributed by atoms with E-state index in [2.05, 4.69) is 18.1 Å². The van der Waals surface area contributed by atoms with Crippen LogP contribution in [-0.2, 0) is 0 Å². The van der Waals surface area contributed by atoms with E-state index in [1.165, 1.54) is 6.42 Å². The Kier molecular flexibility index (Phi) is 3.97. The summed E-state index contributed by atoms with van der Waals surface area (Å²) in [4.78, 5) is 0. The van der Waals surface area contributed by atoms with E-state index in [9.17, 15) is 5.11 Å². The summed E-state index contributed by atoms with van der Waals surface area (Å²) in [6, 6.07) is 0. The zero-order valence-electron chi connectivity index (χ0n) is 7.60. The first kappa shape index (κ1) is 9.95. The van der Waals surface area contributed by atoms with E-state index in [4.69, 9.17) is 0 Å². The van der Waals surface area contributed by atoms with Gasteiger partial charge < -0.3 is 5.11 Å². The molecule has 1 N–H and O–H groups in total. The van der Waals surface area contributed by atoms with Crippen molar-refractivity contribution in [2.24, 2.45) is 0 Å². The van der Waals surface area contributed by atoms with Gasteiger partial charge in [-0.05, 0) is 30.9 Å². The van der Waals surface area contributed by atoms with Crippen LogP contribution in [0.4, 0.5) is 0 Å². The minimum Gasteiger partial charge on any atom is -0.378 e. The maximum absolute atomic E-state index is 9.91. The maximum atomic E-state index is 9.91. The molecule has 0 aromatic heterocycles. The van der Waals surface area contributed by atoms with Gasteiger partial charge >= 0.3 is 0 Å². The van der Waals surface area contributed by atoms with E-state index in [1.807, 2.05) is 0 Å². The molecule has 2 heteroatoms. The lowest BCUT2D eigenvalue weighted by molar-refractivity contribution is 0.0611. The first-order valence-corrected chi connectivity index (χ1v) is 5.62. The van der Waals surface area contributed by atoms with Crippen LogP contribution < -0.4 is 0 Å². The van der Waals surface area contributed by atoms with Crippen LogP contribution in [-0.4, -0.2) is 16.5 Å². The second kappa shape index (κ2) is 4.79. The van der Waals surface area contributed by atoms with Crippen LogP contribution in [0.1, 0.15) is 39.0 Å². The lowest BCUT2D eigenvalue weighted by Crippen LogP contribution is -2.28. The highest BCUT2D eigenvalue weighted by atomic mass is 32.2. The van der Waals surface area contributed by atoms with Gasteiger partial charge in [0.15, 0.2) is 0 Å². The van der Waals surface area contributed by atoms with Crippen molar-refractivity contribution in [3.8, 4) is 11.2 Å². The molecule has 0 saturated heterocycles. The van der Waals surface area contributed by atoms with Gasteiger partial charge in [0.2, 0.25) is 0 Å². The molecule has 0 heterocycles. The molecule has 0 spiro atoms. The number of hydrogen-bond acceptors (Lipinski definition) is 2. The highest BCUT2D eigenvalue weighted by Gasteiger charge is 2.26. The molecule has 0 aliphatic heterocycles. The monoisotopic (exact) mass is 184 g/mol. The van der Waals surface area contributed by atoms with Crippen molar-refractivity contribution in [2.45, 2.75) is 44.6 Å². The molecule has 0 radical (unpaired) electrons. The van der Waals surface area contributed by atoms with E-state index >= 15 is 0 Å². The van der Waals surface area contributed by atoms with Crippen molar-refractivity contribution >= 4 is 11.8 Å². The molecule has 1 saturated carbocycles. The van der Waals surface area contributed by atoms with E-state index < -0.39 is 5.60 Å². The summed E-state index contributed by atoms with van der Waals surface area (Å²) in [6.45, 7) is 2.07. The Morgan fingerprint density at radius 1 is 1.33 bits per heavy atom. The minimum absolute atomic E-state index is 0.652. The topological polar surface area (TPSA) is 20.2 Å². The third-order valence-electron chi connectivity index (χ3n) is 2.18. The van der Waals surface area contributed by atoms with Crippen molar-refractivity contribution in [1.82, 2.24) is 0 Å². The fourth-order valence-corrected chi connectivity index (χ4v) is 1.87. The van der Waals surface area contributed by atoms with Crippen LogP contribution in [0, 0.1) is 11.2 Å². The van der Waals surface area contributed by atoms with Crippen LogP contribution in [0.5, 0.6) is 0 Å². The zero-order valence-corrected chi connectivity index (χ0v) is 8.41. The van der Waals surface area contributed by atoms with Crippen LogP contribution in [0.15, 0.2) is 0 Å². The van der Waals surface area contributed by atoms with E-state index in [0.717, 1.165) is 31.4 Å². The lowest BCUT2D eigenvalue weighted by atomic mass is 9.86. The predicted octanol–water partition coefficient (Wildman–Crippen LogP) is 2.40. The van der Waals surface area contributed by atoms with Crippen LogP contribution in [0.3, 0.4) is 0 Å². The number of hydrogen-bond donors (Lipinski definition) is 1. The normalized spacial score (nSPS) is 21.2. The Bertz CT molecular complexity index is 184. The third-order valence-corrected chi connectivity index (χ3v) is 2.72. The van der Waals surface area contributed by atoms with Crippen molar-refractivity contribution in [1.29, 1.82) is 0 Å². The van der Waals surface area contributed by atoms with Crippen molar-refractivity contribution < 1.29 is 5.11 Å². The van der Waals surface area contributed by atoms with Gasteiger partial charge in [0.1, 0.15) is 5.60 Å². The summed E-state index contributed by atoms with van der Waals surface area (Å²) < 4.78 is 0. The number of aliphatic hydroxyl groups is 1. The molecule has 1 aliphatic rings. The lowest BCUT2D eigenvalue weighted by Gasteiger charge is -2.26. The van der Waals surface area contributed by atoms with Crippen LogP contribution >= 0.6 is 11.8 Å². The molecule has 1 rings (SSSR count). The molecular weight excluding hydrogens is 168 g/mol. The number of rotatable bonds is 1. The van der Waals surface area contributed by atoms with Gasteiger partial charge in [-0.2, -0.15) is 0 Å². The number of thioether (sulfide) groups is 1. The average Bonchev–Trinajstić information content (AvgIpc) is 2.06. The highest BCUT2D eigenvalue weighted by Crippen LogP contribution is 2.27. The molecular formula is C10H16OS. The fraction of sp³-hybridized carbons (Fsp3) is 0.800. The first-order chi connectivity index (χ1) is 5.77. The summed E-state index contributed by atoms with van der Waals surface area (Å²) in [5.41, 5.74) is -0.652. The highest BCUT2D eigenvalue weighted by molar-refractivity contribution is 8.03. The SMILES string of the molecule is CCSC#CC1(O)CCCCC1. The molecule has 1 fully saturated rings. The molecule has 0 amide bonds. The molecule has 0 bridgehead atoms. The van der Waals surface area contributed by atoms with Crippen molar-refractivity contribution in [2.75, 3.05) is 5.75 Å². The standard InChI is InChI=1S/C10H16OS/c1-2-12-9-8-10(11)6-4-3-5-7-10/h11H,2-7H2,1H3. The summed E-state index contributed by atoms with van der Waals surface area (Å²) in [6.07, 6.45) is 5.24. The third kappa shape index (κ3) is 3.08. The summed E-state index contributed by atoms with van der Waals surface area (Å²) in [5, 5.41) is 12.9. The molecule has 0 aromatic carbocycles. The van der Waals surface area contributed by atoms with Gasteiger partial charge in [0, 0.05) is 5.75 Å². The summed E-state index contributed by atoms with van der Waals surface area (Å²) >= 11 is 1.58. The van der Waals surface area contributed by atoms with Crippen LogP contribution in [0.25, 0.3) is 0 Å². The Hall–Kier alpha value is -0.130. The van der Waals surface area contributed by atoms with Crippen LogP contribution in [0.2, 0.25) is 0 Å². The van der Waals surface area contributed by atoms with Gasteiger partial charge in [0.05, 0.1) is 0 Å². The first-order valence-electron chi connectivity index (χ1n) is 4.63. The van der Waals surface area contributed by atoms with E-state index in [0.29, 0.717) is 0 Å². The Morgan fingerprint density at radius 2 is 2.00 bits per heavy atom. The summed E-state index contributed by atoms with van der Waals surface area (Å²) in [5.74, 6) is 3.97. The molecule has 68 valence electrons. The van der Waals surface area contributed by atoms with Gasteiger partial charge in [0.25, 0.3) is 0 Å². The van der Waals surface area contributed by atoms with E-state index in [1.54, 1.807) is 11.8 Å². The fourth-order valence-electron chi connectivity index (χ4n) is 1.46. The largest absolute Gasteiger partial charge is 0.378 e. The quantitative estimate of drug-likeness (QED) is 0.631. The molecule has 1 nitrogen and oxygen atoms in total. The minimum atomic E-state index is -0.652. The van der Waals surface area contributed by atoms with Gasteiger partial charge in [-0.3, -0.25) is 0 Å². The molecule has 1 aliphatic carbocycles. The Balaban J connectivity index is 2.42. The maximum Gasteiger partial charge on any atom is 0.126 e. The van der Waals surface area contributed by atoms with Gasteiger partial charge in [-0.15, -0.1) is 0 Å². The average molecular weight is 184 g/mol. The second-order valence-corrected chi connectivity index (χ2v) is 4.32. The van der Waals surface area contributed by atoms with Gasteiger partial charge in [-0.25, -0.2) is 0 Å². The van der Waals surface area contributed by atoms with Crippen molar-refractivity contribution in [3.63, 3.8) is 0 Å². The molecule has 0 atom stereocenters. The Morgan fingerprint density at radius 3 is 2.58 bits per heavy atom. The molecule has 0 aromatic rings. The van der Waals surface area contributed by atoms with E-state index in [-0.39, 0.29) is 0 Å². The van der Waals surface area contributed by atoms with Crippen molar-refractivity contribution in [3.05, 3.63) is 0 Å². The van der Waals surface area contributed by atoms with Gasteiger partial charge in [-0.1, -0.05) is 31.0 Å². The molecule has 12 heavy (non-hydrogen) atoms. The summed E-state index contributed by atoms with van der Waals surface area (Å²) in [7, 11) is 0. The zero-order chi connectivity index (χ0) is 8.86.